The van der Waals surface area contributed by atoms with Gasteiger partial charge in [0.15, 0.2) is 5.78 Å². The largest absolute Gasteiger partial charge is 0.354 e. The van der Waals surface area contributed by atoms with Crippen LogP contribution < -0.4 is 10.6 Å². The molecule has 26 heavy (non-hydrogen) atoms. The summed E-state index contributed by atoms with van der Waals surface area (Å²) in [7, 11) is 0. The number of rotatable bonds is 6. The zero-order chi connectivity index (χ0) is 17.6. The minimum atomic E-state index is -0.0784. The van der Waals surface area contributed by atoms with Crippen molar-refractivity contribution < 1.29 is 9.59 Å². The first-order valence-corrected chi connectivity index (χ1v) is 8.81. The van der Waals surface area contributed by atoms with Crippen LogP contribution in [-0.4, -0.2) is 24.8 Å². The van der Waals surface area contributed by atoms with E-state index in [-0.39, 0.29) is 43.0 Å². The van der Waals surface area contributed by atoms with Crippen molar-refractivity contribution in [3.63, 3.8) is 0 Å². The maximum absolute atomic E-state index is 12.1. The molecule has 0 saturated heterocycles. The first kappa shape index (κ1) is 20.1. The summed E-state index contributed by atoms with van der Waals surface area (Å²) < 4.78 is 0. The molecule has 138 valence electrons. The molecule has 5 heteroatoms. The Morgan fingerprint density at radius 3 is 2.58 bits per heavy atom. The Morgan fingerprint density at radius 1 is 1.08 bits per heavy atom. The van der Waals surface area contributed by atoms with Crippen LogP contribution in [0.25, 0.3) is 0 Å². The van der Waals surface area contributed by atoms with Crippen LogP contribution in [0.4, 0.5) is 0 Å². The van der Waals surface area contributed by atoms with Crippen LogP contribution in [-0.2, 0) is 11.2 Å². The zero-order valence-electron chi connectivity index (χ0n) is 15.0. The number of Topliss-reactive ketones (excluding diaryl/α,β-unsaturated/α-hetero) is 1. The van der Waals surface area contributed by atoms with E-state index in [1.807, 2.05) is 37.3 Å². The fraction of sp³-hybridized carbons (Fsp3) is 0.333. The number of nitrogens with one attached hydrogen (secondary N) is 2. The lowest BCUT2D eigenvalue weighted by Crippen LogP contribution is -2.38. The van der Waals surface area contributed by atoms with Crippen molar-refractivity contribution in [2.45, 2.75) is 32.2 Å². The highest BCUT2D eigenvalue weighted by atomic mass is 35.5. The Labute approximate surface area is 160 Å². The summed E-state index contributed by atoms with van der Waals surface area (Å²) in [5.74, 6) is -0.0680. The van der Waals surface area contributed by atoms with Gasteiger partial charge in [-0.05, 0) is 31.0 Å². The molecule has 2 N–H and O–H groups in total. The first-order chi connectivity index (χ1) is 12.1. The molecule has 1 amide bonds. The van der Waals surface area contributed by atoms with Crippen LogP contribution in [0.5, 0.6) is 0 Å². The molecule has 0 spiro atoms. The molecule has 2 aromatic rings. The van der Waals surface area contributed by atoms with Crippen LogP contribution in [0, 0.1) is 6.92 Å². The highest BCUT2D eigenvalue weighted by molar-refractivity contribution is 5.97. The molecule has 1 aliphatic heterocycles. The smallest absolute Gasteiger partial charge is 0.220 e. The molecular weight excluding hydrogens is 348 g/mol. The van der Waals surface area contributed by atoms with Gasteiger partial charge in [0.2, 0.25) is 5.91 Å². The second-order valence-electron chi connectivity index (χ2n) is 6.55. The minimum absolute atomic E-state index is 0. The van der Waals surface area contributed by atoms with E-state index in [4.69, 9.17) is 0 Å². The summed E-state index contributed by atoms with van der Waals surface area (Å²) in [6.07, 6.45) is 1.48. The topological polar surface area (TPSA) is 58.2 Å². The van der Waals surface area contributed by atoms with E-state index in [9.17, 15) is 9.59 Å². The van der Waals surface area contributed by atoms with Crippen LogP contribution in [0.3, 0.4) is 0 Å². The average molecular weight is 373 g/mol. The molecule has 4 nitrogen and oxygen atoms in total. The summed E-state index contributed by atoms with van der Waals surface area (Å²) in [6.45, 7) is 3.46. The van der Waals surface area contributed by atoms with Gasteiger partial charge in [-0.1, -0.05) is 54.1 Å². The molecule has 0 aliphatic carbocycles. The van der Waals surface area contributed by atoms with Gasteiger partial charge in [0.05, 0.1) is 0 Å². The van der Waals surface area contributed by atoms with E-state index < -0.39 is 0 Å². The molecule has 1 unspecified atom stereocenters. The molecule has 1 heterocycles. The first-order valence-electron chi connectivity index (χ1n) is 8.81. The summed E-state index contributed by atoms with van der Waals surface area (Å²) in [4.78, 5) is 24.2. The summed E-state index contributed by atoms with van der Waals surface area (Å²) >= 11 is 0. The van der Waals surface area contributed by atoms with E-state index in [0.717, 1.165) is 18.5 Å². The standard InChI is InChI=1S/C21H24N2O2.ClH/c1-15-6-8-17(9-7-15)20(24)10-11-21(25)23-14-19-18-5-3-2-4-16(18)12-13-22-19;/h2-9,19,22H,10-14H2,1H3,(H,23,25);1H. The quantitative estimate of drug-likeness (QED) is 0.764. The molecule has 0 radical (unpaired) electrons. The Bertz CT molecular complexity index is 759. The van der Waals surface area contributed by atoms with Gasteiger partial charge in [0.1, 0.15) is 0 Å². The Kier molecular flexibility index (Phi) is 7.37. The van der Waals surface area contributed by atoms with Crippen LogP contribution in [0.1, 0.15) is 45.9 Å². The SMILES string of the molecule is Cc1ccc(C(=O)CCC(=O)NCC2NCCc3ccccc32)cc1.Cl. The number of hydrogen-bond donors (Lipinski definition) is 2. The monoisotopic (exact) mass is 372 g/mol. The molecular formula is C21H25ClN2O2. The predicted octanol–water partition coefficient (Wildman–Crippen LogP) is 3.38. The Hall–Kier alpha value is -2.17. The van der Waals surface area contributed by atoms with Gasteiger partial charge in [-0.25, -0.2) is 0 Å². The van der Waals surface area contributed by atoms with Gasteiger partial charge in [-0.15, -0.1) is 12.4 Å². The summed E-state index contributed by atoms with van der Waals surface area (Å²) in [6, 6.07) is 15.9. The number of carbonyl (C=O) groups excluding carboxylic acids is 2. The third-order valence-electron chi connectivity index (χ3n) is 4.67. The van der Waals surface area contributed by atoms with E-state index >= 15 is 0 Å². The fourth-order valence-electron chi connectivity index (χ4n) is 3.19. The third-order valence-corrected chi connectivity index (χ3v) is 4.67. The maximum Gasteiger partial charge on any atom is 0.220 e. The van der Waals surface area contributed by atoms with Crippen molar-refractivity contribution in [3.8, 4) is 0 Å². The van der Waals surface area contributed by atoms with Gasteiger partial charge >= 0.3 is 0 Å². The zero-order valence-corrected chi connectivity index (χ0v) is 15.8. The van der Waals surface area contributed by atoms with Gasteiger partial charge in [-0.2, -0.15) is 0 Å². The number of hydrogen-bond acceptors (Lipinski definition) is 3. The van der Waals surface area contributed by atoms with E-state index in [0.29, 0.717) is 12.1 Å². The number of halogens is 1. The van der Waals surface area contributed by atoms with E-state index in [1.165, 1.54) is 11.1 Å². The van der Waals surface area contributed by atoms with Crippen LogP contribution >= 0.6 is 12.4 Å². The molecule has 2 aromatic carbocycles. The Balaban J connectivity index is 0.00000243. The average Bonchev–Trinajstić information content (AvgIpc) is 2.65. The van der Waals surface area contributed by atoms with Crippen LogP contribution in [0.2, 0.25) is 0 Å². The van der Waals surface area contributed by atoms with Gasteiger partial charge < -0.3 is 10.6 Å². The van der Waals surface area contributed by atoms with Crippen LogP contribution in [0.15, 0.2) is 48.5 Å². The third kappa shape index (κ3) is 5.16. The minimum Gasteiger partial charge on any atom is -0.354 e. The molecule has 1 aliphatic rings. The van der Waals surface area contributed by atoms with E-state index in [2.05, 4.69) is 28.8 Å². The molecule has 0 aromatic heterocycles. The molecule has 1 atom stereocenters. The normalized spacial score (nSPS) is 15.5. The number of carbonyl (C=O) groups is 2. The van der Waals surface area contributed by atoms with Gasteiger partial charge in [0, 0.05) is 31.0 Å². The second kappa shape index (κ2) is 9.51. The number of fused-ring (bicyclic) bond motifs is 1. The maximum atomic E-state index is 12.1. The van der Waals surface area contributed by atoms with Crippen molar-refractivity contribution >= 4 is 24.1 Å². The van der Waals surface area contributed by atoms with Gasteiger partial charge in [0.25, 0.3) is 0 Å². The lowest BCUT2D eigenvalue weighted by Gasteiger charge is -2.27. The highest BCUT2D eigenvalue weighted by Gasteiger charge is 2.19. The van der Waals surface area contributed by atoms with Crippen molar-refractivity contribution in [3.05, 3.63) is 70.8 Å². The second-order valence-corrected chi connectivity index (χ2v) is 6.55. The van der Waals surface area contributed by atoms with Crippen molar-refractivity contribution in [1.29, 1.82) is 0 Å². The van der Waals surface area contributed by atoms with Crippen molar-refractivity contribution in [2.24, 2.45) is 0 Å². The fourth-order valence-corrected chi connectivity index (χ4v) is 3.19. The molecule has 0 saturated carbocycles. The molecule has 0 fully saturated rings. The highest BCUT2D eigenvalue weighted by Crippen LogP contribution is 2.21. The number of amides is 1. The van der Waals surface area contributed by atoms with Gasteiger partial charge in [-0.3, -0.25) is 9.59 Å². The number of aryl methyl sites for hydroxylation is 1. The number of benzene rings is 2. The number of ketones is 1. The van der Waals surface area contributed by atoms with Crippen molar-refractivity contribution in [2.75, 3.05) is 13.1 Å². The molecule has 3 rings (SSSR count). The molecule has 0 bridgehead atoms. The van der Waals surface area contributed by atoms with E-state index in [1.54, 1.807) is 0 Å². The van der Waals surface area contributed by atoms with Crippen molar-refractivity contribution in [1.82, 2.24) is 10.6 Å². The summed E-state index contributed by atoms with van der Waals surface area (Å²) in [5, 5.41) is 6.40. The predicted molar refractivity (Wildman–Crippen MR) is 106 cm³/mol. The lowest BCUT2D eigenvalue weighted by atomic mass is 9.94. The Morgan fingerprint density at radius 2 is 1.81 bits per heavy atom. The lowest BCUT2D eigenvalue weighted by molar-refractivity contribution is -0.121. The summed E-state index contributed by atoms with van der Waals surface area (Å²) in [5.41, 5.74) is 4.38.